The van der Waals surface area contributed by atoms with Crippen LogP contribution < -0.4 is 9.47 Å². The van der Waals surface area contributed by atoms with E-state index in [9.17, 15) is 9.59 Å². The number of pyridine rings is 1. The van der Waals surface area contributed by atoms with Gasteiger partial charge in [-0.15, -0.1) is 0 Å². The fraction of sp³-hybridized carbons (Fsp3) is 0.500. The van der Waals surface area contributed by atoms with Crippen molar-refractivity contribution in [3.05, 3.63) is 42.5 Å². The maximum Gasteiger partial charge on any atom is 0.255 e. The molecule has 2 saturated heterocycles. The molecule has 1 atom stereocenters. The van der Waals surface area contributed by atoms with Gasteiger partial charge in [-0.25, -0.2) is 9.97 Å². The average molecular weight is 425 g/mol. The lowest BCUT2D eigenvalue weighted by atomic mass is 9.96. The van der Waals surface area contributed by atoms with E-state index in [1.807, 2.05) is 9.80 Å². The van der Waals surface area contributed by atoms with Crippen molar-refractivity contribution in [3.63, 3.8) is 0 Å². The summed E-state index contributed by atoms with van der Waals surface area (Å²) in [6, 6.07) is 3.44. The highest BCUT2D eigenvalue weighted by Gasteiger charge is 2.33. The number of hydrogen-bond acceptors (Lipinski definition) is 7. The number of ether oxygens (including phenoxy) is 2. The third kappa shape index (κ3) is 5.28. The SMILES string of the molecule is COc1ccc(C(=O)N2CCC(CN3CC(COc4cnccn4)CC3=O)CC2)cn1. The fourth-order valence-electron chi connectivity index (χ4n) is 4.15. The number of methoxy groups -OCH3 is 1. The fourth-order valence-corrected chi connectivity index (χ4v) is 4.15. The molecule has 0 aromatic carbocycles. The number of nitrogens with zero attached hydrogens (tertiary/aromatic N) is 5. The minimum Gasteiger partial charge on any atom is -0.481 e. The molecule has 0 spiro atoms. The van der Waals surface area contributed by atoms with E-state index in [1.54, 1.807) is 44.0 Å². The molecule has 2 fully saturated rings. The van der Waals surface area contributed by atoms with Crippen molar-refractivity contribution in [1.29, 1.82) is 0 Å². The summed E-state index contributed by atoms with van der Waals surface area (Å²) in [6.07, 6.45) is 8.59. The summed E-state index contributed by atoms with van der Waals surface area (Å²) in [5.41, 5.74) is 0.569. The molecule has 4 heterocycles. The molecule has 2 aliphatic heterocycles. The van der Waals surface area contributed by atoms with E-state index in [0.29, 0.717) is 55.9 Å². The van der Waals surface area contributed by atoms with Gasteiger partial charge >= 0.3 is 0 Å². The predicted octanol–water partition coefficient (Wildman–Crippen LogP) is 1.66. The monoisotopic (exact) mass is 425 g/mol. The maximum absolute atomic E-state index is 12.7. The Morgan fingerprint density at radius 1 is 1.10 bits per heavy atom. The van der Waals surface area contributed by atoms with Crippen LogP contribution in [0.15, 0.2) is 36.9 Å². The Bertz CT molecular complexity index is 885. The number of rotatable bonds is 7. The number of hydrogen-bond donors (Lipinski definition) is 0. The molecule has 1 unspecified atom stereocenters. The Balaban J connectivity index is 1.22. The highest BCUT2D eigenvalue weighted by Crippen LogP contribution is 2.25. The number of amides is 2. The molecule has 9 heteroatoms. The predicted molar refractivity (Wildman–Crippen MR) is 112 cm³/mol. The first-order valence-electron chi connectivity index (χ1n) is 10.6. The van der Waals surface area contributed by atoms with Gasteiger partial charge in [0.05, 0.1) is 25.5 Å². The summed E-state index contributed by atoms with van der Waals surface area (Å²) in [7, 11) is 1.55. The third-order valence-electron chi connectivity index (χ3n) is 5.87. The van der Waals surface area contributed by atoms with Gasteiger partial charge in [-0.1, -0.05) is 0 Å². The maximum atomic E-state index is 12.7. The van der Waals surface area contributed by atoms with Crippen LogP contribution in [-0.4, -0.2) is 76.5 Å². The Morgan fingerprint density at radius 3 is 2.61 bits per heavy atom. The zero-order valence-electron chi connectivity index (χ0n) is 17.6. The molecule has 4 rings (SSSR count). The molecule has 0 radical (unpaired) electrons. The van der Waals surface area contributed by atoms with Crippen molar-refractivity contribution in [2.45, 2.75) is 19.3 Å². The van der Waals surface area contributed by atoms with Crippen LogP contribution in [0.3, 0.4) is 0 Å². The van der Waals surface area contributed by atoms with Gasteiger partial charge in [0.25, 0.3) is 5.91 Å². The van der Waals surface area contributed by atoms with E-state index < -0.39 is 0 Å². The van der Waals surface area contributed by atoms with E-state index >= 15 is 0 Å². The minimum atomic E-state index is -0.00734. The first-order chi connectivity index (χ1) is 15.1. The van der Waals surface area contributed by atoms with Gasteiger partial charge < -0.3 is 19.3 Å². The summed E-state index contributed by atoms with van der Waals surface area (Å²) >= 11 is 0. The van der Waals surface area contributed by atoms with Gasteiger partial charge in [-0.05, 0) is 24.8 Å². The number of aromatic nitrogens is 3. The summed E-state index contributed by atoms with van der Waals surface area (Å²) < 4.78 is 10.7. The zero-order valence-corrected chi connectivity index (χ0v) is 17.6. The number of carbonyl (C=O) groups is 2. The van der Waals surface area contributed by atoms with Crippen LogP contribution in [0.2, 0.25) is 0 Å². The van der Waals surface area contributed by atoms with Crippen molar-refractivity contribution in [2.24, 2.45) is 11.8 Å². The van der Waals surface area contributed by atoms with Crippen LogP contribution in [0.5, 0.6) is 11.8 Å². The van der Waals surface area contributed by atoms with Crippen LogP contribution >= 0.6 is 0 Å². The number of carbonyl (C=O) groups excluding carboxylic acids is 2. The number of piperidine rings is 1. The lowest BCUT2D eigenvalue weighted by Gasteiger charge is -2.34. The van der Waals surface area contributed by atoms with Gasteiger partial charge in [0.1, 0.15) is 0 Å². The molecular weight excluding hydrogens is 398 g/mol. The third-order valence-corrected chi connectivity index (χ3v) is 5.87. The molecule has 0 bridgehead atoms. The number of likely N-dealkylation sites (tertiary alicyclic amines) is 2. The molecule has 164 valence electrons. The molecule has 0 saturated carbocycles. The van der Waals surface area contributed by atoms with Crippen molar-refractivity contribution >= 4 is 11.8 Å². The standard InChI is InChI=1S/C22H27N5O4/c1-30-19-3-2-18(11-25-19)22(29)26-8-4-16(5-9-26)13-27-14-17(10-21(27)28)15-31-20-12-23-6-7-24-20/h2-3,6-7,11-12,16-17H,4-5,8-10,13-15H2,1H3. The second kappa shape index (κ2) is 9.72. The Hall–Kier alpha value is -3.23. The highest BCUT2D eigenvalue weighted by atomic mass is 16.5. The molecule has 0 aliphatic carbocycles. The molecular formula is C22H27N5O4. The van der Waals surface area contributed by atoms with E-state index in [2.05, 4.69) is 15.0 Å². The van der Waals surface area contributed by atoms with E-state index in [-0.39, 0.29) is 17.7 Å². The second-order valence-corrected chi connectivity index (χ2v) is 8.05. The van der Waals surface area contributed by atoms with Gasteiger partial charge in [0.15, 0.2) is 0 Å². The lowest BCUT2D eigenvalue weighted by Crippen LogP contribution is -2.42. The molecule has 0 N–H and O–H groups in total. The highest BCUT2D eigenvalue weighted by molar-refractivity contribution is 5.94. The van der Waals surface area contributed by atoms with Crippen molar-refractivity contribution < 1.29 is 19.1 Å². The second-order valence-electron chi connectivity index (χ2n) is 8.05. The molecule has 31 heavy (non-hydrogen) atoms. The molecule has 2 aromatic heterocycles. The average Bonchev–Trinajstić information content (AvgIpc) is 3.17. The van der Waals surface area contributed by atoms with Gasteiger partial charge in [-0.3, -0.25) is 14.6 Å². The summed E-state index contributed by atoms with van der Waals surface area (Å²) in [6.45, 7) is 3.29. The van der Waals surface area contributed by atoms with Crippen LogP contribution in [-0.2, 0) is 4.79 Å². The summed E-state index contributed by atoms with van der Waals surface area (Å²) in [4.78, 5) is 41.1. The van der Waals surface area contributed by atoms with Crippen LogP contribution in [0.4, 0.5) is 0 Å². The Kier molecular flexibility index (Phi) is 6.59. The molecule has 2 amide bonds. The van der Waals surface area contributed by atoms with Crippen LogP contribution in [0.1, 0.15) is 29.6 Å². The van der Waals surface area contributed by atoms with Crippen LogP contribution in [0.25, 0.3) is 0 Å². The van der Waals surface area contributed by atoms with Gasteiger partial charge in [0, 0.05) is 63.2 Å². The Morgan fingerprint density at radius 2 is 1.94 bits per heavy atom. The smallest absolute Gasteiger partial charge is 0.255 e. The first kappa shape index (κ1) is 21.0. The molecule has 9 nitrogen and oxygen atoms in total. The molecule has 2 aliphatic rings. The van der Waals surface area contributed by atoms with Crippen molar-refractivity contribution in [2.75, 3.05) is 39.9 Å². The molecule has 2 aromatic rings. The van der Waals surface area contributed by atoms with Crippen molar-refractivity contribution in [3.8, 4) is 11.8 Å². The Labute approximate surface area is 181 Å². The largest absolute Gasteiger partial charge is 0.481 e. The summed E-state index contributed by atoms with van der Waals surface area (Å²) in [5.74, 6) is 1.71. The normalized spacial score (nSPS) is 19.5. The summed E-state index contributed by atoms with van der Waals surface area (Å²) in [5, 5.41) is 0. The van der Waals surface area contributed by atoms with Crippen LogP contribution in [0, 0.1) is 11.8 Å². The van der Waals surface area contributed by atoms with Gasteiger partial charge in [-0.2, -0.15) is 0 Å². The van der Waals surface area contributed by atoms with E-state index in [0.717, 1.165) is 19.4 Å². The van der Waals surface area contributed by atoms with E-state index in [4.69, 9.17) is 9.47 Å². The first-order valence-corrected chi connectivity index (χ1v) is 10.6. The zero-order chi connectivity index (χ0) is 21.6. The minimum absolute atomic E-state index is 0.00734. The topological polar surface area (TPSA) is 97.8 Å². The van der Waals surface area contributed by atoms with Gasteiger partial charge in [0.2, 0.25) is 17.7 Å². The van der Waals surface area contributed by atoms with E-state index in [1.165, 1.54) is 0 Å². The lowest BCUT2D eigenvalue weighted by molar-refractivity contribution is -0.128. The van der Waals surface area contributed by atoms with Crippen molar-refractivity contribution in [1.82, 2.24) is 24.8 Å². The quantitative estimate of drug-likeness (QED) is 0.665.